The number of benzene rings is 1. The summed E-state index contributed by atoms with van der Waals surface area (Å²) in [6, 6.07) is 12.6. The summed E-state index contributed by atoms with van der Waals surface area (Å²) in [5.41, 5.74) is 7.13. The quantitative estimate of drug-likeness (QED) is 0.213. The number of nitrogens with one attached hydrogen (secondary N) is 1. The molecule has 5 heterocycles. The van der Waals surface area contributed by atoms with Crippen LogP contribution in [0.25, 0.3) is 38.6 Å². The van der Waals surface area contributed by atoms with Crippen LogP contribution in [0.5, 0.6) is 0 Å². The predicted octanol–water partition coefficient (Wildman–Crippen LogP) is 6.53. The van der Waals surface area contributed by atoms with Gasteiger partial charge in [0, 0.05) is 47.9 Å². The summed E-state index contributed by atoms with van der Waals surface area (Å²) in [6.45, 7) is 1.64. The molecule has 36 heavy (non-hydrogen) atoms. The van der Waals surface area contributed by atoms with E-state index in [0.29, 0.717) is 19.6 Å². The van der Waals surface area contributed by atoms with Crippen LogP contribution in [0, 0.1) is 5.92 Å². The van der Waals surface area contributed by atoms with Crippen LogP contribution >= 0.6 is 21.0 Å². The molecular weight excluding hydrogens is 578 g/mol. The molecule has 0 spiro atoms. The number of hydrogen-bond donors (Lipinski definition) is 1. The van der Waals surface area contributed by atoms with Crippen LogP contribution in [0.1, 0.15) is 24.1 Å². The fourth-order valence-corrected chi connectivity index (χ4v) is 6.65. The second-order valence-electron chi connectivity index (χ2n) is 9.47. The summed E-state index contributed by atoms with van der Waals surface area (Å²) in [7, 11) is 2.10. The van der Waals surface area contributed by atoms with Crippen molar-refractivity contribution in [2.45, 2.75) is 25.6 Å². The van der Waals surface area contributed by atoms with Gasteiger partial charge in [-0.15, -0.1) is 0 Å². The van der Waals surface area contributed by atoms with Crippen LogP contribution in [0.3, 0.4) is 0 Å². The predicted molar refractivity (Wildman–Crippen MR) is 147 cm³/mol. The van der Waals surface area contributed by atoms with Crippen LogP contribution in [0.15, 0.2) is 55.0 Å². The maximum absolute atomic E-state index is 12.9. The molecule has 0 radical (unpaired) electrons. The van der Waals surface area contributed by atoms with Gasteiger partial charge in [0.1, 0.15) is 5.65 Å². The monoisotopic (exact) mass is 603 g/mol. The van der Waals surface area contributed by atoms with E-state index in [2.05, 4.69) is 76.6 Å². The van der Waals surface area contributed by atoms with Gasteiger partial charge in [0.2, 0.25) is 0 Å². The smallest absolute Gasteiger partial charge is 0.338 e. The first-order chi connectivity index (χ1) is 17.3. The van der Waals surface area contributed by atoms with E-state index in [4.69, 9.17) is 0 Å². The molecule has 0 unspecified atom stereocenters. The number of likely N-dealkylation sites (tertiary alicyclic amines) is 1. The third-order valence-electron chi connectivity index (χ3n) is 7.01. The van der Waals surface area contributed by atoms with E-state index in [9.17, 15) is 13.2 Å². The number of fused-ring (bicyclic) bond motifs is 3. The van der Waals surface area contributed by atoms with Crippen LogP contribution in [-0.2, 0) is 6.54 Å². The zero-order valence-corrected chi connectivity index (χ0v) is 21.8. The lowest BCUT2D eigenvalue weighted by Crippen LogP contribution is -2.38. The zero-order valence-electron chi connectivity index (χ0n) is 19.7. The summed E-state index contributed by atoms with van der Waals surface area (Å²) in [4.78, 5) is 14.8. The Morgan fingerprint density at radius 2 is 1.78 bits per heavy atom. The molecule has 0 atom stereocenters. The third-order valence-corrected chi connectivity index (χ3v) is 9.12. The summed E-state index contributed by atoms with van der Waals surface area (Å²) in [6.07, 6.45) is 2.20. The Kier molecular flexibility index (Phi) is 6.07. The zero-order chi connectivity index (χ0) is 24.9. The average Bonchev–Trinajstić information content (AvgIpc) is 3.47. The van der Waals surface area contributed by atoms with Crippen LogP contribution in [0.2, 0.25) is 0 Å². The number of allylic oxidation sites excluding steroid dienone is 1. The van der Waals surface area contributed by atoms with Crippen molar-refractivity contribution in [2.75, 3.05) is 20.1 Å². The van der Waals surface area contributed by atoms with E-state index in [1.807, 2.05) is 12.4 Å². The van der Waals surface area contributed by atoms with Crippen molar-refractivity contribution >= 4 is 52.5 Å². The highest BCUT2D eigenvalue weighted by Crippen LogP contribution is 2.35. The van der Waals surface area contributed by atoms with Gasteiger partial charge in [-0.1, -0.05) is 24.3 Å². The number of alkyl halides is 3. The molecule has 4 aromatic rings. The Bertz CT molecular complexity index is 1480. The summed E-state index contributed by atoms with van der Waals surface area (Å²) in [5, 5.41) is 2.16. The minimum absolute atomic E-state index is 0.0992. The number of rotatable bonds is 4. The molecule has 5 nitrogen and oxygen atoms in total. The maximum Gasteiger partial charge on any atom is 0.391 e. The fraction of sp³-hybridized carbons (Fsp3) is 0.296. The van der Waals surface area contributed by atoms with E-state index in [1.54, 1.807) is 0 Å². The molecule has 1 N–H and O–H groups in total. The van der Waals surface area contributed by atoms with Crippen molar-refractivity contribution in [1.29, 1.82) is 0 Å². The molecular formula is C27H25F3IN5. The van der Waals surface area contributed by atoms with Gasteiger partial charge in [-0.3, -0.25) is 9.88 Å². The summed E-state index contributed by atoms with van der Waals surface area (Å²) >= 11 is -0.0992. The highest BCUT2D eigenvalue weighted by atomic mass is 127. The van der Waals surface area contributed by atoms with Gasteiger partial charge in [-0.05, 0) is 74.2 Å². The Hall–Kier alpha value is -2.79. The number of aromatic nitrogens is 3. The van der Waals surface area contributed by atoms with Gasteiger partial charge in [0.15, 0.2) is 0 Å². The van der Waals surface area contributed by atoms with Crippen molar-refractivity contribution in [1.82, 2.24) is 23.0 Å². The Morgan fingerprint density at radius 1 is 1.00 bits per heavy atom. The lowest BCUT2D eigenvalue weighted by molar-refractivity contribution is -0.185. The van der Waals surface area contributed by atoms with Gasteiger partial charge < -0.3 is 8.10 Å². The van der Waals surface area contributed by atoms with Crippen LogP contribution in [-0.4, -0.2) is 53.3 Å². The molecule has 9 heteroatoms. The molecule has 1 saturated heterocycles. The fourth-order valence-electron chi connectivity index (χ4n) is 4.97. The average molecular weight is 603 g/mol. The summed E-state index contributed by atoms with van der Waals surface area (Å²) < 4.78 is 43.3. The van der Waals surface area contributed by atoms with E-state index < -0.39 is 12.1 Å². The molecule has 0 aliphatic carbocycles. The normalized spacial score (nSPS) is 17.7. The van der Waals surface area contributed by atoms with E-state index in [1.165, 1.54) is 5.57 Å². The minimum Gasteiger partial charge on any atom is -0.338 e. The molecule has 2 aliphatic rings. The van der Waals surface area contributed by atoms with Gasteiger partial charge in [-0.25, -0.2) is 4.98 Å². The first kappa shape index (κ1) is 23.6. The second-order valence-corrected chi connectivity index (χ2v) is 12.2. The second kappa shape index (κ2) is 9.26. The van der Waals surface area contributed by atoms with Gasteiger partial charge in [0.25, 0.3) is 0 Å². The van der Waals surface area contributed by atoms with Gasteiger partial charge >= 0.3 is 6.18 Å². The lowest BCUT2D eigenvalue weighted by Gasteiger charge is -2.32. The van der Waals surface area contributed by atoms with Crippen molar-refractivity contribution < 1.29 is 13.2 Å². The standard InChI is InChI=1S/C27H25F3IN5/c1-35-16-20(12-31-35)24-11-22-23-10-19(13-33-26(23)34-25(22)14-32-24)18-4-2-17(3-5-18)15-36-8-6-21(7-9-36)27(28,29)30/h2-5,10-14,16,21H,6-9,15H2,1H3,(H,33,34). The molecule has 6 rings (SSSR count). The molecule has 186 valence electrons. The number of pyridine rings is 2. The van der Waals surface area contributed by atoms with Crippen LogP contribution in [0.4, 0.5) is 13.2 Å². The van der Waals surface area contributed by atoms with E-state index in [0.717, 1.165) is 44.3 Å². The topological polar surface area (TPSA) is 48.1 Å². The Labute approximate surface area is 217 Å². The minimum atomic E-state index is -4.07. The number of halogens is 4. The SMILES string of the molecule is CN1C=C(c2cc3c(cn2)[nH]c2ncc(-c4ccc(CN5CCC(C(F)(F)F)CC5)cc4)cc23)C=I1. The third kappa shape index (κ3) is 4.66. The number of aromatic amines is 1. The van der Waals surface area contributed by atoms with E-state index in [-0.39, 0.29) is 33.8 Å². The van der Waals surface area contributed by atoms with Crippen LogP contribution < -0.4 is 0 Å². The van der Waals surface area contributed by atoms with E-state index >= 15 is 0 Å². The highest BCUT2D eigenvalue weighted by molar-refractivity contribution is 14.2. The first-order valence-electron chi connectivity index (χ1n) is 11.9. The lowest BCUT2D eigenvalue weighted by atomic mass is 9.96. The van der Waals surface area contributed by atoms with Gasteiger partial charge in [0.05, 0.1) is 23.3 Å². The molecule has 3 aromatic heterocycles. The number of H-pyrrole nitrogens is 1. The molecule has 2 aliphatic heterocycles. The number of piperidine rings is 1. The van der Waals surface area contributed by atoms with Crippen molar-refractivity contribution in [3.63, 3.8) is 0 Å². The molecule has 1 fully saturated rings. The highest BCUT2D eigenvalue weighted by Gasteiger charge is 2.40. The summed E-state index contributed by atoms with van der Waals surface area (Å²) in [5.74, 6) is -1.16. The number of nitrogens with zero attached hydrogens (tertiary/aromatic N) is 4. The van der Waals surface area contributed by atoms with Crippen molar-refractivity contribution in [3.05, 3.63) is 66.2 Å². The molecule has 0 amide bonds. The number of hydrogen-bond acceptors (Lipinski definition) is 4. The molecule has 1 aromatic carbocycles. The maximum atomic E-state index is 12.9. The first-order valence-corrected chi connectivity index (χ1v) is 14.1. The Balaban J connectivity index is 1.22. The Morgan fingerprint density at radius 3 is 2.47 bits per heavy atom. The van der Waals surface area contributed by atoms with Crippen molar-refractivity contribution in [2.24, 2.45) is 5.92 Å². The molecule has 0 saturated carbocycles. The molecule has 0 bridgehead atoms. The largest absolute Gasteiger partial charge is 0.391 e. The van der Waals surface area contributed by atoms with Crippen molar-refractivity contribution in [3.8, 4) is 11.1 Å². The van der Waals surface area contributed by atoms with Gasteiger partial charge in [-0.2, -0.15) is 13.2 Å².